The quantitative estimate of drug-likeness (QED) is 0.892. The molecule has 2 N–H and O–H groups in total. The molecule has 1 aromatic carbocycles. The molecule has 2 unspecified atom stereocenters. The van der Waals surface area contributed by atoms with E-state index in [-0.39, 0.29) is 18.5 Å². The number of aliphatic carboxylic acids is 1. The van der Waals surface area contributed by atoms with Gasteiger partial charge in [0.05, 0.1) is 12.1 Å². The molecule has 0 saturated carbocycles. The molecular weight excluding hydrogens is 322 g/mol. The zero-order valence-electron chi connectivity index (χ0n) is 14.2. The SMILES string of the molecule is Cc1ccc(NC(=O)N2CC(C)CC(C(=O)O)C2)cc1-c1ncco1. The highest BCUT2D eigenvalue weighted by Gasteiger charge is 2.31. The molecule has 7 nitrogen and oxygen atoms in total. The molecule has 0 radical (unpaired) electrons. The van der Waals surface area contributed by atoms with Crippen molar-refractivity contribution in [2.24, 2.45) is 11.8 Å². The van der Waals surface area contributed by atoms with Crippen molar-refractivity contribution in [2.45, 2.75) is 20.3 Å². The molecule has 7 heteroatoms. The number of benzene rings is 1. The summed E-state index contributed by atoms with van der Waals surface area (Å²) in [5, 5.41) is 12.1. The van der Waals surface area contributed by atoms with Gasteiger partial charge in [0.25, 0.3) is 0 Å². The number of anilines is 1. The van der Waals surface area contributed by atoms with Crippen LogP contribution in [-0.4, -0.2) is 40.1 Å². The summed E-state index contributed by atoms with van der Waals surface area (Å²) in [5.74, 6) is -0.728. The van der Waals surface area contributed by atoms with E-state index in [0.717, 1.165) is 11.1 Å². The molecule has 0 spiro atoms. The van der Waals surface area contributed by atoms with Crippen LogP contribution in [0.1, 0.15) is 18.9 Å². The predicted molar refractivity (Wildman–Crippen MR) is 92.2 cm³/mol. The van der Waals surface area contributed by atoms with Crippen LogP contribution in [0.3, 0.4) is 0 Å². The van der Waals surface area contributed by atoms with Crippen molar-refractivity contribution >= 4 is 17.7 Å². The van der Waals surface area contributed by atoms with Crippen molar-refractivity contribution in [1.82, 2.24) is 9.88 Å². The summed E-state index contributed by atoms with van der Waals surface area (Å²) < 4.78 is 5.33. The number of carbonyl (C=O) groups is 2. The van der Waals surface area contributed by atoms with Gasteiger partial charge in [0.1, 0.15) is 6.26 Å². The summed E-state index contributed by atoms with van der Waals surface area (Å²) >= 11 is 0. The Hall–Kier alpha value is -2.83. The van der Waals surface area contributed by atoms with Gasteiger partial charge in [0, 0.05) is 24.3 Å². The number of urea groups is 1. The van der Waals surface area contributed by atoms with E-state index >= 15 is 0 Å². The second-order valence-electron chi connectivity index (χ2n) is 6.58. The Morgan fingerprint density at radius 3 is 2.84 bits per heavy atom. The topological polar surface area (TPSA) is 95.7 Å². The third-order valence-corrected chi connectivity index (χ3v) is 4.45. The maximum Gasteiger partial charge on any atom is 0.321 e. The molecule has 2 heterocycles. The molecule has 2 aromatic rings. The first-order chi connectivity index (χ1) is 11.9. The van der Waals surface area contributed by atoms with E-state index in [1.165, 1.54) is 6.26 Å². The minimum atomic E-state index is -0.856. The number of likely N-dealkylation sites (tertiary alicyclic amines) is 1. The van der Waals surface area contributed by atoms with Gasteiger partial charge in [0.2, 0.25) is 5.89 Å². The number of oxazole rings is 1. The number of amides is 2. The van der Waals surface area contributed by atoms with Gasteiger partial charge in [0.15, 0.2) is 0 Å². The van der Waals surface area contributed by atoms with Gasteiger partial charge in [-0.3, -0.25) is 4.79 Å². The number of nitrogens with one attached hydrogen (secondary N) is 1. The number of hydrogen-bond donors (Lipinski definition) is 2. The molecule has 1 fully saturated rings. The summed E-state index contributed by atoms with van der Waals surface area (Å²) in [6.07, 6.45) is 3.67. The third-order valence-electron chi connectivity index (χ3n) is 4.45. The average molecular weight is 343 g/mol. The first kappa shape index (κ1) is 17.0. The highest BCUT2D eigenvalue weighted by Crippen LogP contribution is 2.26. The van der Waals surface area contributed by atoms with Crippen LogP contribution < -0.4 is 5.32 Å². The number of carboxylic acids is 1. The van der Waals surface area contributed by atoms with Gasteiger partial charge in [-0.1, -0.05) is 13.0 Å². The lowest BCUT2D eigenvalue weighted by atomic mass is 9.91. The number of carbonyl (C=O) groups excluding carboxylic acids is 1. The van der Waals surface area contributed by atoms with Crippen LogP contribution in [0, 0.1) is 18.8 Å². The van der Waals surface area contributed by atoms with E-state index in [9.17, 15) is 14.7 Å². The lowest BCUT2D eigenvalue weighted by Crippen LogP contribution is -2.47. The molecule has 25 heavy (non-hydrogen) atoms. The Morgan fingerprint density at radius 2 is 2.16 bits per heavy atom. The fourth-order valence-corrected chi connectivity index (χ4v) is 3.19. The van der Waals surface area contributed by atoms with Crippen molar-refractivity contribution in [3.63, 3.8) is 0 Å². The first-order valence-corrected chi connectivity index (χ1v) is 8.23. The minimum absolute atomic E-state index is 0.154. The number of piperidine rings is 1. The second kappa shape index (κ2) is 6.96. The molecular formula is C18H21N3O4. The third kappa shape index (κ3) is 3.81. The predicted octanol–water partition coefficient (Wildman–Crippen LogP) is 3.22. The van der Waals surface area contributed by atoms with Gasteiger partial charge in [-0.2, -0.15) is 0 Å². The smallest absolute Gasteiger partial charge is 0.321 e. The monoisotopic (exact) mass is 343 g/mol. The molecule has 1 aromatic heterocycles. The van der Waals surface area contributed by atoms with E-state index in [0.29, 0.717) is 24.5 Å². The van der Waals surface area contributed by atoms with Crippen molar-refractivity contribution in [2.75, 3.05) is 18.4 Å². The second-order valence-corrected chi connectivity index (χ2v) is 6.58. The first-order valence-electron chi connectivity index (χ1n) is 8.23. The normalized spacial score (nSPS) is 20.3. The van der Waals surface area contributed by atoms with Gasteiger partial charge in [-0.05, 0) is 37.0 Å². The van der Waals surface area contributed by atoms with Gasteiger partial charge in [-0.25, -0.2) is 9.78 Å². The Bertz CT molecular complexity index is 773. The van der Waals surface area contributed by atoms with E-state index in [4.69, 9.17) is 4.42 Å². The molecule has 1 aliphatic rings. The maximum atomic E-state index is 12.5. The molecule has 1 aliphatic heterocycles. The van der Waals surface area contributed by atoms with Gasteiger partial charge in [-0.15, -0.1) is 0 Å². The maximum absolute atomic E-state index is 12.5. The van der Waals surface area contributed by atoms with E-state index < -0.39 is 11.9 Å². The molecule has 1 saturated heterocycles. The van der Waals surface area contributed by atoms with Crippen molar-refractivity contribution in [3.8, 4) is 11.5 Å². The summed E-state index contributed by atoms with van der Waals surface area (Å²) in [4.78, 5) is 29.5. The van der Waals surface area contributed by atoms with Crippen LogP contribution in [0.2, 0.25) is 0 Å². The highest BCUT2D eigenvalue weighted by molar-refractivity contribution is 5.90. The number of aromatic nitrogens is 1. The van der Waals surface area contributed by atoms with E-state index in [2.05, 4.69) is 10.3 Å². The van der Waals surface area contributed by atoms with Crippen LogP contribution in [-0.2, 0) is 4.79 Å². The zero-order chi connectivity index (χ0) is 18.0. The fraction of sp³-hybridized carbons (Fsp3) is 0.389. The van der Waals surface area contributed by atoms with Crippen molar-refractivity contribution in [1.29, 1.82) is 0 Å². The highest BCUT2D eigenvalue weighted by atomic mass is 16.4. The molecule has 0 aliphatic carbocycles. The van der Waals surface area contributed by atoms with Crippen LogP contribution >= 0.6 is 0 Å². The minimum Gasteiger partial charge on any atom is -0.481 e. The lowest BCUT2D eigenvalue weighted by molar-refractivity contribution is -0.143. The average Bonchev–Trinajstić information content (AvgIpc) is 3.10. The van der Waals surface area contributed by atoms with E-state index in [1.54, 1.807) is 17.2 Å². The molecule has 2 amide bonds. The lowest BCUT2D eigenvalue weighted by Gasteiger charge is -2.34. The fourth-order valence-electron chi connectivity index (χ4n) is 3.19. The summed E-state index contributed by atoms with van der Waals surface area (Å²) in [6, 6.07) is 5.21. The largest absolute Gasteiger partial charge is 0.481 e. The number of nitrogens with zero attached hydrogens (tertiary/aromatic N) is 2. The Balaban J connectivity index is 1.75. The number of hydrogen-bond acceptors (Lipinski definition) is 4. The Kier molecular flexibility index (Phi) is 4.74. The number of carboxylic acid groups (broad SMARTS) is 1. The standard InChI is InChI=1S/C18H21N3O4/c1-11-7-13(17(22)23)10-21(9-11)18(24)20-14-4-3-12(2)15(8-14)16-19-5-6-25-16/h3-6,8,11,13H,7,9-10H2,1-2H3,(H,20,24)(H,22,23). The molecule has 2 atom stereocenters. The summed E-state index contributed by atoms with van der Waals surface area (Å²) in [5.41, 5.74) is 2.41. The number of aryl methyl sites for hydroxylation is 1. The van der Waals surface area contributed by atoms with Gasteiger partial charge >= 0.3 is 12.0 Å². The van der Waals surface area contributed by atoms with Crippen LogP contribution in [0.4, 0.5) is 10.5 Å². The molecule has 132 valence electrons. The Labute approximate surface area is 145 Å². The van der Waals surface area contributed by atoms with Crippen molar-refractivity contribution < 1.29 is 19.1 Å². The van der Waals surface area contributed by atoms with E-state index in [1.807, 2.05) is 26.0 Å². The molecule has 3 rings (SSSR count). The Morgan fingerprint density at radius 1 is 1.36 bits per heavy atom. The number of rotatable bonds is 3. The van der Waals surface area contributed by atoms with Crippen LogP contribution in [0.5, 0.6) is 0 Å². The van der Waals surface area contributed by atoms with Crippen LogP contribution in [0.25, 0.3) is 11.5 Å². The zero-order valence-corrected chi connectivity index (χ0v) is 14.2. The van der Waals surface area contributed by atoms with Gasteiger partial charge < -0.3 is 19.7 Å². The van der Waals surface area contributed by atoms with Crippen LogP contribution in [0.15, 0.2) is 35.1 Å². The molecule has 0 bridgehead atoms. The summed E-state index contributed by atoms with van der Waals surface area (Å²) in [6.45, 7) is 4.68. The summed E-state index contributed by atoms with van der Waals surface area (Å²) in [7, 11) is 0. The van der Waals surface area contributed by atoms with Crippen molar-refractivity contribution in [3.05, 3.63) is 36.2 Å².